The zero-order valence-corrected chi connectivity index (χ0v) is 18.5. The number of benzene rings is 1. The summed E-state index contributed by atoms with van der Waals surface area (Å²) in [5, 5.41) is 4.92. The van der Waals surface area contributed by atoms with Crippen LogP contribution in [0.2, 0.25) is 0 Å². The fraction of sp³-hybridized carbons (Fsp3) is 0.160. The van der Waals surface area contributed by atoms with Gasteiger partial charge in [-0.3, -0.25) is 14.8 Å². The molecular formula is C25H28ClN3O. The van der Waals surface area contributed by atoms with Crippen molar-refractivity contribution in [3.63, 3.8) is 0 Å². The average molecular weight is 422 g/mol. The molecule has 156 valence electrons. The van der Waals surface area contributed by atoms with Gasteiger partial charge in [0, 0.05) is 34.8 Å². The number of hydrogen-bond donors (Lipinski definition) is 1. The van der Waals surface area contributed by atoms with Crippen LogP contribution in [0.3, 0.4) is 0 Å². The summed E-state index contributed by atoms with van der Waals surface area (Å²) in [4.78, 5) is 19.1. The molecule has 30 heavy (non-hydrogen) atoms. The minimum absolute atomic E-state index is 0.429. The molecule has 0 aliphatic carbocycles. The van der Waals surface area contributed by atoms with E-state index in [4.69, 9.17) is 11.6 Å². The number of pyridine rings is 1. The number of carbonyl (C=O) groups excluding carboxylic acids is 1. The topological polar surface area (TPSA) is 54.4 Å². The first-order valence-electron chi connectivity index (χ1n) is 9.55. The van der Waals surface area contributed by atoms with Gasteiger partial charge in [0.1, 0.15) is 0 Å². The zero-order valence-electron chi connectivity index (χ0n) is 17.7. The van der Waals surface area contributed by atoms with Gasteiger partial charge in [0.2, 0.25) is 0 Å². The first kappa shape index (κ1) is 24.8. The van der Waals surface area contributed by atoms with Crippen LogP contribution in [-0.4, -0.2) is 24.5 Å². The summed E-state index contributed by atoms with van der Waals surface area (Å²) in [6.07, 6.45) is 11.5. The average Bonchev–Trinajstić information content (AvgIpc) is 2.79. The van der Waals surface area contributed by atoms with Crippen molar-refractivity contribution in [1.29, 1.82) is 0 Å². The van der Waals surface area contributed by atoms with Crippen LogP contribution in [-0.2, 0) is 4.79 Å². The van der Waals surface area contributed by atoms with Crippen molar-refractivity contribution in [2.45, 2.75) is 20.3 Å². The maximum atomic E-state index is 10.7. The Hall–Kier alpha value is -3.24. The summed E-state index contributed by atoms with van der Waals surface area (Å²) >= 11 is 6.11. The third-order valence-corrected chi connectivity index (χ3v) is 4.41. The van der Waals surface area contributed by atoms with Gasteiger partial charge in [0.15, 0.2) is 6.29 Å². The van der Waals surface area contributed by atoms with Gasteiger partial charge in [-0.2, -0.15) is 0 Å². The van der Waals surface area contributed by atoms with Crippen LogP contribution in [0, 0.1) is 0 Å². The number of rotatable bonds is 8. The molecule has 0 aliphatic heterocycles. The normalized spacial score (nSPS) is 12.3. The number of anilines is 1. The second-order valence-corrected chi connectivity index (χ2v) is 6.52. The number of para-hydroxylation sites is 1. The molecule has 0 saturated heterocycles. The summed E-state index contributed by atoms with van der Waals surface area (Å²) < 4.78 is 0. The standard InChI is InChI=1S/C15H18ClNO.C10H10N2/c1-5-8-13(11-18)10-17-12(4)14(9-6-2)15(16)7-3;1-11-9-6-8-4-2-3-5-10(8)12-7-9/h5-6,8-11H,1,4,7H2,2-3H3;2-7,11H,1H3/b9-6-,13-8+,15-14-,17-10?;. The Bertz CT molecular complexity index is 1000. The lowest BCUT2D eigenvalue weighted by Gasteiger charge is -2.04. The van der Waals surface area contributed by atoms with Crippen LogP contribution in [0.15, 0.2) is 101 Å². The molecule has 1 aromatic heterocycles. The molecule has 0 unspecified atom stereocenters. The Morgan fingerprint density at radius 2 is 2.07 bits per heavy atom. The van der Waals surface area contributed by atoms with Crippen molar-refractivity contribution in [2.75, 3.05) is 12.4 Å². The lowest BCUT2D eigenvalue weighted by atomic mass is 10.1. The fourth-order valence-corrected chi connectivity index (χ4v) is 2.55. The van der Waals surface area contributed by atoms with Crippen molar-refractivity contribution < 1.29 is 4.79 Å². The molecule has 1 aromatic carbocycles. The Kier molecular flexibility index (Phi) is 11.5. The number of aromatic nitrogens is 1. The van der Waals surface area contributed by atoms with Gasteiger partial charge in [-0.25, -0.2) is 0 Å². The van der Waals surface area contributed by atoms with Crippen LogP contribution in [0.1, 0.15) is 20.3 Å². The number of fused-ring (bicyclic) bond motifs is 1. The van der Waals surface area contributed by atoms with Crippen LogP contribution in [0.25, 0.3) is 10.9 Å². The van der Waals surface area contributed by atoms with Crippen LogP contribution in [0.5, 0.6) is 0 Å². The first-order valence-corrected chi connectivity index (χ1v) is 9.93. The SMILES string of the molecule is C=C/C=C(/C=O)C=NC(=C)C(/C=C\C)=C(\Cl)CC.CNc1cnc2ccccc2c1. The smallest absolute Gasteiger partial charge is 0.151 e. The van der Waals surface area contributed by atoms with E-state index >= 15 is 0 Å². The first-order chi connectivity index (χ1) is 14.5. The third kappa shape index (κ3) is 8.02. The van der Waals surface area contributed by atoms with E-state index in [0.717, 1.165) is 16.8 Å². The summed E-state index contributed by atoms with van der Waals surface area (Å²) in [6, 6.07) is 10.2. The largest absolute Gasteiger partial charge is 0.387 e. The maximum Gasteiger partial charge on any atom is 0.151 e. The number of halogens is 1. The number of aliphatic imine (C=N–C) groups is 1. The van der Waals surface area contributed by atoms with Crippen molar-refractivity contribution >= 4 is 40.7 Å². The van der Waals surface area contributed by atoms with E-state index in [-0.39, 0.29) is 0 Å². The summed E-state index contributed by atoms with van der Waals surface area (Å²) in [5.74, 6) is 0. The van der Waals surface area contributed by atoms with Crippen molar-refractivity contribution in [2.24, 2.45) is 4.99 Å². The quantitative estimate of drug-likeness (QED) is 0.225. The van der Waals surface area contributed by atoms with E-state index < -0.39 is 0 Å². The number of nitrogens with zero attached hydrogens (tertiary/aromatic N) is 2. The van der Waals surface area contributed by atoms with Crippen LogP contribution in [0.4, 0.5) is 5.69 Å². The minimum Gasteiger partial charge on any atom is -0.387 e. The highest BCUT2D eigenvalue weighted by Crippen LogP contribution is 2.21. The highest BCUT2D eigenvalue weighted by atomic mass is 35.5. The number of carbonyl (C=O) groups is 1. The minimum atomic E-state index is 0.429. The molecule has 5 heteroatoms. The van der Waals surface area contributed by atoms with E-state index in [1.165, 1.54) is 17.7 Å². The van der Waals surface area contributed by atoms with E-state index in [0.29, 0.717) is 29.0 Å². The highest BCUT2D eigenvalue weighted by molar-refractivity contribution is 6.30. The molecule has 0 saturated carbocycles. The summed E-state index contributed by atoms with van der Waals surface area (Å²) in [5.41, 5.74) is 3.82. The number of allylic oxidation sites excluding steroid dienone is 6. The second kappa shape index (κ2) is 13.9. The number of hydrogen-bond acceptors (Lipinski definition) is 4. The van der Waals surface area contributed by atoms with E-state index in [1.54, 1.807) is 6.08 Å². The van der Waals surface area contributed by atoms with Gasteiger partial charge < -0.3 is 5.32 Å². The van der Waals surface area contributed by atoms with Crippen molar-refractivity contribution in [3.05, 3.63) is 95.9 Å². The lowest BCUT2D eigenvalue weighted by Crippen LogP contribution is -1.90. The molecule has 0 aliphatic rings. The Labute approximate surface area is 184 Å². The predicted molar refractivity (Wildman–Crippen MR) is 131 cm³/mol. The molecule has 0 atom stereocenters. The molecule has 0 radical (unpaired) electrons. The van der Waals surface area contributed by atoms with Crippen molar-refractivity contribution in [1.82, 2.24) is 4.98 Å². The number of aldehydes is 1. The highest BCUT2D eigenvalue weighted by Gasteiger charge is 2.03. The van der Waals surface area contributed by atoms with Crippen molar-refractivity contribution in [3.8, 4) is 0 Å². The molecule has 0 spiro atoms. The zero-order chi connectivity index (χ0) is 22.4. The molecular weight excluding hydrogens is 394 g/mol. The molecule has 2 aromatic rings. The molecule has 1 N–H and O–H groups in total. The van der Waals surface area contributed by atoms with Gasteiger partial charge in [0.25, 0.3) is 0 Å². The molecule has 2 rings (SSSR count). The van der Waals surface area contributed by atoms with Gasteiger partial charge in [-0.15, -0.1) is 0 Å². The predicted octanol–water partition coefficient (Wildman–Crippen LogP) is 6.64. The third-order valence-electron chi connectivity index (χ3n) is 3.94. The Balaban J connectivity index is 0.000000321. The molecule has 1 heterocycles. The monoisotopic (exact) mass is 421 g/mol. The van der Waals surface area contributed by atoms with E-state index in [1.807, 2.05) is 57.4 Å². The van der Waals surface area contributed by atoms with E-state index in [9.17, 15) is 4.79 Å². The van der Waals surface area contributed by atoms with Crippen LogP contribution >= 0.6 is 11.6 Å². The molecule has 0 bridgehead atoms. The second-order valence-electron chi connectivity index (χ2n) is 6.06. The van der Waals surface area contributed by atoms with Crippen LogP contribution < -0.4 is 5.32 Å². The van der Waals surface area contributed by atoms with Gasteiger partial charge in [0.05, 0.1) is 23.1 Å². The number of nitrogens with one attached hydrogen (secondary N) is 1. The Morgan fingerprint density at radius 3 is 2.67 bits per heavy atom. The summed E-state index contributed by atoms with van der Waals surface area (Å²) in [7, 11) is 1.89. The lowest BCUT2D eigenvalue weighted by molar-refractivity contribution is -0.104. The maximum absolute atomic E-state index is 10.7. The summed E-state index contributed by atoms with van der Waals surface area (Å²) in [6.45, 7) is 11.2. The Morgan fingerprint density at radius 1 is 1.33 bits per heavy atom. The molecule has 0 amide bonds. The van der Waals surface area contributed by atoms with E-state index in [2.05, 4.69) is 40.6 Å². The van der Waals surface area contributed by atoms with Gasteiger partial charge in [-0.05, 0) is 25.5 Å². The van der Waals surface area contributed by atoms with Gasteiger partial charge >= 0.3 is 0 Å². The molecule has 0 fully saturated rings. The fourth-order valence-electron chi connectivity index (χ4n) is 2.38. The molecule has 4 nitrogen and oxygen atoms in total. The van der Waals surface area contributed by atoms with Gasteiger partial charge in [-0.1, -0.05) is 74.2 Å².